The molecule has 2 unspecified atom stereocenters. The first kappa shape index (κ1) is 13.4. The number of hydrogen-bond donors (Lipinski definition) is 0. The van der Waals surface area contributed by atoms with Crippen molar-refractivity contribution in [3.63, 3.8) is 0 Å². The quantitative estimate of drug-likeness (QED) is 0.682. The molecule has 0 spiro atoms. The topological polar surface area (TPSA) is 18.5 Å². The molecule has 2 nitrogen and oxygen atoms in total. The maximum atomic E-state index is 5.81. The molecule has 2 aliphatic carbocycles. The van der Waals surface area contributed by atoms with Crippen molar-refractivity contribution < 1.29 is 9.47 Å². The van der Waals surface area contributed by atoms with Gasteiger partial charge in [0.1, 0.15) is 0 Å². The van der Waals surface area contributed by atoms with E-state index in [2.05, 4.69) is 34.6 Å². The lowest BCUT2D eigenvalue weighted by Crippen LogP contribution is -2.34. The molecule has 17 heavy (non-hydrogen) atoms. The Hall–Kier alpha value is -0.0800. The molecule has 2 saturated carbocycles. The molecule has 0 aromatic rings. The highest BCUT2D eigenvalue weighted by Gasteiger charge is 2.61. The Morgan fingerprint density at radius 2 is 1.59 bits per heavy atom. The first-order valence-electron chi connectivity index (χ1n) is 7.25. The van der Waals surface area contributed by atoms with Gasteiger partial charge in [-0.2, -0.15) is 0 Å². The maximum absolute atomic E-state index is 5.81. The van der Waals surface area contributed by atoms with Crippen LogP contribution in [0, 0.1) is 29.1 Å². The van der Waals surface area contributed by atoms with Crippen LogP contribution in [0.4, 0.5) is 0 Å². The summed E-state index contributed by atoms with van der Waals surface area (Å²) in [4.78, 5) is 0. The summed E-state index contributed by atoms with van der Waals surface area (Å²) in [5, 5.41) is 0. The average Bonchev–Trinajstić information content (AvgIpc) is 2.79. The zero-order chi connectivity index (χ0) is 12.6. The van der Waals surface area contributed by atoms with E-state index in [0.29, 0.717) is 11.3 Å². The first-order chi connectivity index (χ1) is 8.02. The number of hydrogen-bond acceptors (Lipinski definition) is 2. The van der Waals surface area contributed by atoms with Gasteiger partial charge in [0.2, 0.25) is 0 Å². The summed E-state index contributed by atoms with van der Waals surface area (Å²) in [6.45, 7) is 12.9. The van der Waals surface area contributed by atoms with Gasteiger partial charge in [-0.05, 0) is 49.9 Å². The van der Waals surface area contributed by atoms with Crippen LogP contribution < -0.4 is 0 Å². The van der Waals surface area contributed by atoms with Crippen molar-refractivity contribution in [1.29, 1.82) is 0 Å². The Morgan fingerprint density at radius 3 is 2.12 bits per heavy atom. The van der Waals surface area contributed by atoms with Crippen molar-refractivity contribution in [3.8, 4) is 0 Å². The minimum atomic E-state index is 0.0253. The molecule has 0 heterocycles. The van der Waals surface area contributed by atoms with Gasteiger partial charge in [-0.15, -0.1) is 0 Å². The number of fused-ring (bicyclic) bond motifs is 1. The molecule has 2 aliphatic rings. The normalized spacial score (nSPS) is 39.2. The molecule has 2 heteroatoms. The van der Waals surface area contributed by atoms with Crippen LogP contribution in [-0.4, -0.2) is 19.5 Å². The number of ether oxygens (including phenoxy) is 2. The predicted molar refractivity (Wildman–Crippen MR) is 69.7 cm³/mol. The monoisotopic (exact) mass is 240 g/mol. The largest absolute Gasteiger partial charge is 0.353 e. The molecule has 0 aromatic carbocycles. The molecule has 0 radical (unpaired) electrons. The second-order valence-electron chi connectivity index (χ2n) is 6.43. The Morgan fingerprint density at radius 1 is 1.06 bits per heavy atom. The fourth-order valence-corrected chi connectivity index (χ4v) is 3.90. The van der Waals surface area contributed by atoms with Gasteiger partial charge in [0.05, 0.1) is 0 Å². The minimum Gasteiger partial charge on any atom is -0.353 e. The molecular formula is C15H28O2. The summed E-state index contributed by atoms with van der Waals surface area (Å²) < 4.78 is 11.6. The zero-order valence-electron chi connectivity index (χ0n) is 12.0. The Balaban J connectivity index is 1.99. The van der Waals surface area contributed by atoms with E-state index >= 15 is 0 Å². The highest BCUT2D eigenvalue weighted by atomic mass is 16.7. The van der Waals surface area contributed by atoms with Gasteiger partial charge in [-0.3, -0.25) is 0 Å². The Bertz CT molecular complexity index is 256. The lowest BCUT2D eigenvalue weighted by atomic mass is 9.80. The van der Waals surface area contributed by atoms with Gasteiger partial charge < -0.3 is 9.47 Å². The molecule has 100 valence electrons. The van der Waals surface area contributed by atoms with Crippen molar-refractivity contribution >= 4 is 0 Å². The molecule has 0 aromatic heterocycles. The molecule has 0 bridgehead atoms. The van der Waals surface area contributed by atoms with E-state index in [9.17, 15) is 0 Å². The van der Waals surface area contributed by atoms with E-state index in [0.717, 1.165) is 31.0 Å². The zero-order valence-corrected chi connectivity index (χ0v) is 12.0. The van der Waals surface area contributed by atoms with Crippen LogP contribution in [0.5, 0.6) is 0 Å². The summed E-state index contributed by atoms with van der Waals surface area (Å²) in [6, 6.07) is 0. The van der Waals surface area contributed by atoms with Gasteiger partial charge in [0.15, 0.2) is 6.29 Å². The second kappa shape index (κ2) is 4.89. The molecule has 4 atom stereocenters. The van der Waals surface area contributed by atoms with Crippen molar-refractivity contribution in [1.82, 2.24) is 0 Å². The highest BCUT2D eigenvalue weighted by Crippen LogP contribution is 2.67. The predicted octanol–water partition coefficient (Wildman–Crippen LogP) is 3.70. The first-order valence-corrected chi connectivity index (χ1v) is 7.25. The van der Waals surface area contributed by atoms with Crippen molar-refractivity contribution in [2.24, 2.45) is 29.1 Å². The molecule has 2 rings (SSSR count). The van der Waals surface area contributed by atoms with Crippen molar-refractivity contribution in [2.45, 2.75) is 53.8 Å². The van der Waals surface area contributed by atoms with Gasteiger partial charge in [0, 0.05) is 19.1 Å². The van der Waals surface area contributed by atoms with Gasteiger partial charge >= 0.3 is 0 Å². The van der Waals surface area contributed by atoms with Crippen LogP contribution in [0.15, 0.2) is 0 Å². The van der Waals surface area contributed by atoms with E-state index in [1.54, 1.807) is 0 Å². The van der Waals surface area contributed by atoms with Gasteiger partial charge in [0.25, 0.3) is 0 Å². The van der Waals surface area contributed by atoms with Crippen molar-refractivity contribution in [2.75, 3.05) is 13.2 Å². The minimum absolute atomic E-state index is 0.0253. The SMILES string of the molecule is CCOC(OCC)[C@H]1CC2C(C[C@@H]1C)C2(C)C. The van der Waals surface area contributed by atoms with E-state index in [1.807, 2.05) is 0 Å². The fraction of sp³-hybridized carbons (Fsp3) is 1.00. The van der Waals surface area contributed by atoms with Crippen LogP contribution in [0.25, 0.3) is 0 Å². The van der Waals surface area contributed by atoms with Crippen LogP contribution in [0.3, 0.4) is 0 Å². The lowest BCUT2D eigenvalue weighted by Gasteiger charge is -2.34. The van der Waals surface area contributed by atoms with Crippen LogP contribution in [0.2, 0.25) is 0 Å². The Kier molecular flexibility index (Phi) is 3.84. The van der Waals surface area contributed by atoms with Crippen molar-refractivity contribution in [3.05, 3.63) is 0 Å². The molecule has 0 saturated heterocycles. The van der Waals surface area contributed by atoms with E-state index in [1.165, 1.54) is 12.8 Å². The third-order valence-electron chi connectivity index (χ3n) is 5.18. The molecule has 0 aliphatic heterocycles. The summed E-state index contributed by atoms with van der Waals surface area (Å²) in [5.41, 5.74) is 0.575. The Labute approximate surface area is 106 Å². The van der Waals surface area contributed by atoms with E-state index < -0.39 is 0 Å². The number of rotatable bonds is 5. The van der Waals surface area contributed by atoms with Gasteiger partial charge in [-0.1, -0.05) is 20.8 Å². The molecule has 0 amide bonds. The average molecular weight is 240 g/mol. The third-order valence-corrected chi connectivity index (χ3v) is 5.18. The highest BCUT2D eigenvalue weighted by molar-refractivity contribution is 5.09. The summed E-state index contributed by atoms with van der Waals surface area (Å²) in [7, 11) is 0. The van der Waals surface area contributed by atoms with Crippen LogP contribution in [0.1, 0.15) is 47.5 Å². The summed E-state index contributed by atoms with van der Waals surface area (Å²) in [6.07, 6.45) is 2.68. The maximum Gasteiger partial charge on any atom is 0.160 e. The molecule has 2 fully saturated rings. The smallest absolute Gasteiger partial charge is 0.160 e. The standard InChI is InChI=1S/C15H28O2/c1-6-16-14(17-7-2)11-9-13-12(8-10(11)3)15(13,4)5/h10-14H,6-9H2,1-5H3/t10-,11-,12?,13?/m0/s1. The summed E-state index contributed by atoms with van der Waals surface area (Å²) >= 11 is 0. The summed E-state index contributed by atoms with van der Waals surface area (Å²) in [5.74, 6) is 3.20. The van der Waals surface area contributed by atoms with E-state index in [-0.39, 0.29) is 6.29 Å². The van der Waals surface area contributed by atoms with E-state index in [4.69, 9.17) is 9.47 Å². The fourth-order valence-electron chi connectivity index (χ4n) is 3.90. The molecular weight excluding hydrogens is 212 g/mol. The van der Waals surface area contributed by atoms with Crippen LogP contribution >= 0.6 is 0 Å². The third kappa shape index (κ3) is 2.39. The van der Waals surface area contributed by atoms with Crippen LogP contribution in [-0.2, 0) is 9.47 Å². The van der Waals surface area contributed by atoms with Gasteiger partial charge in [-0.25, -0.2) is 0 Å². The lowest BCUT2D eigenvalue weighted by molar-refractivity contribution is -0.182. The second-order valence-corrected chi connectivity index (χ2v) is 6.43. The molecule has 0 N–H and O–H groups in total.